The molecule has 2 atom stereocenters. The molecule has 1 saturated carbocycles. The third kappa shape index (κ3) is 1.37. The van der Waals surface area contributed by atoms with Crippen LogP contribution in [0.3, 0.4) is 0 Å². The van der Waals surface area contributed by atoms with E-state index in [9.17, 15) is 8.42 Å². The summed E-state index contributed by atoms with van der Waals surface area (Å²) in [5, 5.41) is 3.69. The van der Waals surface area contributed by atoms with Gasteiger partial charge in [0.15, 0.2) is 15.7 Å². The Hall–Kier alpha value is -0.950. The van der Waals surface area contributed by atoms with Crippen molar-refractivity contribution in [3.05, 3.63) is 11.7 Å². The van der Waals surface area contributed by atoms with Crippen LogP contribution in [0.1, 0.15) is 25.1 Å². The largest absolute Gasteiger partial charge is 0.338 e. The molecular formula is C8H13N3O3S. The van der Waals surface area contributed by atoms with E-state index in [1.165, 1.54) is 6.26 Å². The Morgan fingerprint density at radius 3 is 2.60 bits per heavy atom. The van der Waals surface area contributed by atoms with Gasteiger partial charge in [-0.05, 0) is 12.3 Å². The lowest BCUT2D eigenvalue weighted by molar-refractivity contribution is 0.372. The molecule has 7 heteroatoms. The van der Waals surface area contributed by atoms with Crippen LogP contribution < -0.4 is 5.73 Å². The smallest absolute Gasteiger partial charge is 0.240 e. The lowest BCUT2D eigenvalue weighted by Crippen LogP contribution is -2.23. The Labute approximate surface area is 87.8 Å². The molecule has 84 valence electrons. The number of aromatic nitrogens is 2. The first kappa shape index (κ1) is 10.6. The lowest BCUT2D eigenvalue weighted by Gasteiger charge is -2.08. The van der Waals surface area contributed by atoms with Gasteiger partial charge in [0.2, 0.25) is 5.89 Å². The van der Waals surface area contributed by atoms with Crippen molar-refractivity contribution in [1.82, 2.24) is 10.1 Å². The van der Waals surface area contributed by atoms with Crippen LogP contribution in [0.4, 0.5) is 0 Å². The van der Waals surface area contributed by atoms with E-state index < -0.39 is 14.6 Å². The Bertz CT molecular complexity index is 481. The highest BCUT2D eigenvalue weighted by Crippen LogP contribution is 2.56. The molecule has 0 radical (unpaired) electrons. The van der Waals surface area contributed by atoms with E-state index in [0.717, 1.165) is 0 Å². The van der Waals surface area contributed by atoms with E-state index in [-0.39, 0.29) is 24.2 Å². The fraction of sp³-hybridized carbons (Fsp3) is 0.750. The molecule has 15 heavy (non-hydrogen) atoms. The quantitative estimate of drug-likeness (QED) is 0.774. The average molecular weight is 231 g/mol. The van der Waals surface area contributed by atoms with Crippen molar-refractivity contribution in [2.45, 2.75) is 24.6 Å². The maximum atomic E-state index is 11.7. The summed E-state index contributed by atoms with van der Waals surface area (Å²) in [4.78, 5) is 4.00. The van der Waals surface area contributed by atoms with E-state index in [1.807, 2.05) is 6.92 Å². The highest BCUT2D eigenvalue weighted by atomic mass is 32.2. The predicted octanol–water partition coefficient (Wildman–Crippen LogP) is -0.192. The van der Waals surface area contributed by atoms with Crippen LogP contribution in [0, 0.1) is 5.92 Å². The zero-order valence-corrected chi connectivity index (χ0v) is 9.41. The summed E-state index contributed by atoms with van der Waals surface area (Å²) >= 11 is 0. The van der Waals surface area contributed by atoms with Crippen molar-refractivity contribution < 1.29 is 12.9 Å². The predicted molar refractivity (Wildman–Crippen MR) is 52.5 cm³/mol. The summed E-state index contributed by atoms with van der Waals surface area (Å²) in [5.41, 5.74) is 5.32. The second-order valence-electron chi connectivity index (χ2n) is 3.98. The highest BCUT2D eigenvalue weighted by Gasteiger charge is 2.63. The summed E-state index contributed by atoms with van der Waals surface area (Å²) in [6, 6.07) is 0. The minimum absolute atomic E-state index is 0.0377. The van der Waals surface area contributed by atoms with Crippen LogP contribution in [0.15, 0.2) is 4.52 Å². The Balaban J connectivity index is 2.45. The molecule has 6 nitrogen and oxygen atoms in total. The number of hydrogen-bond acceptors (Lipinski definition) is 6. The third-order valence-electron chi connectivity index (χ3n) is 2.93. The van der Waals surface area contributed by atoms with Crippen molar-refractivity contribution in [2.75, 3.05) is 6.26 Å². The van der Waals surface area contributed by atoms with Gasteiger partial charge in [-0.2, -0.15) is 4.98 Å². The maximum absolute atomic E-state index is 11.7. The molecule has 0 aliphatic heterocycles. The van der Waals surface area contributed by atoms with Gasteiger partial charge in [-0.25, -0.2) is 8.42 Å². The Kier molecular flexibility index (Phi) is 2.13. The molecular weight excluding hydrogens is 218 g/mol. The lowest BCUT2D eigenvalue weighted by atomic mass is 10.3. The second-order valence-corrected chi connectivity index (χ2v) is 6.26. The van der Waals surface area contributed by atoms with Crippen LogP contribution in [0.5, 0.6) is 0 Å². The van der Waals surface area contributed by atoms with Gasteiger partial charge in [-0.3, -0.25) is 0 Å². The van der Waals surface area contributed by atoms with Gasteiger partial charge in [0.25, 0.3) is 0 Å². The van der Waals surface area contributed by atoms with Crippen LogP contribution >= 0.6 is 0 Å². The molecule has 1 aliphatic carbocycles. The zero-order chi connectivity index (χ0) is 11.3. The molecule has 0 bridgehead atoms. The van der Waals surface area contributed by atoms with Crippen LogP contribution in [0.25, 0.3) is 0 Å². The maximum Gasteiger partial charge on any atom is 0.240 e. The number of sulfone groups is 1. The molecule has 0 amide bonds. The van der Waals surface area contributed by atoms with E-state index in [0.29, 0.717) is 6.42 Å². The molecule has 1 fully saturated rings. The number of hydrogen-bond donors (Lipinski definition) is 1. The second kappa shape index (κ2) is 3.02. The van der Waals surface area contributed by atoms with Gasteiger partial charge in [0.05, 0.1) is 6.54 Å². The molecule has 0 aromatic carbocycles. The van der Waals surface area contributed by atoms with Crippen molar-refractivity contribution in [1.29, 1.82) is 0 Å². The van der Waals surface area contributed by atoms with Crippen LogP contribution in [-0.4, -0.2) is 24.8 Å². The molecule has 1 aromatic rings. The molecule has 1 aliphatic rings. The minimum atomic E-state index is -3.21. The van der Waals surface area contributed by atoms with Gasteiger partial charge in [-0.15, -0.1) is 0 Å². The van der Waals surface area contributed by atoms with Crippen molar-refractivity contribution in [3.8, 4) is 0 Å². The summed E-state index contributed by atoms with van der Waals surface area (Å²) in [5.74, 6) is 0.556. The van der Waals surface area contributed by atoms with Crippen molar-refractivity contribution >= 4 is 9.84 Å². The first-order valence-corrected chi connectivity index (χ1v) is 6.53. The fourth-order valence-corrected chi connectivity index (χ4v) is 3.60. The Morgan fingerprint density at radius 2 is 2.27 bits per heavy atom. The van der Waals surface area contributed by atoms with Crippen molar-refractivity contribution in [2.24, 2.45) is 11.7 Å². The summed E-state index contributed by atoms with van der Waals surface area (Å²) in [7, 11) is -3.21. The molecule has 0 saturated heterocycles. The number of nitrogens with zero attached hydrogens (tertiary/aromatic N) is 2. The molecule has 2 rings (SSSR count). The third-order valence-corrected chi connectivity index (χ3v) is 5.00. The number of rotatable bonds is 3. The van der Waals surface area contributed by atoms with Gasteiger partial charge < -0.3 is 10.3 Å². The van der Waals surface area contributed by atoms with Crippen LogP contribution in [0.2, 0.25) is 0 Å². The van der Waals surface area contributed by atoms with E-state index in [1.54, 1.807) is 0 Å². The zero-order valence-electron chi connectivity index (χ0n) is 8.60. The van der Waals surface area contributed by atoms with Gasteiger partial charge in [0, 0.05) is 6.26 Å². The van der Waals surface area contributed by atoms with Crippen molar-refractivity contribution in [3.63, 3.8) is 0 Å². The van der Waals surface area contributed by atoms with Crippen LogP contribution in [-0.2, 0) is 21.1 Å². The average Bonchev–Trinajstić information content (AvgIpc) is 2.62. The van der Waals surface area contributed by atoms with E-state index >= 15 is 0 Å². The molecule has 1 aromatic heterocycles. The van der Waals surface area contributed by atoms with Gasteiger partial charge >= 0.3 is 0 Å². The summed E-state index contributed by atoms with van der Waals surface area (Å²) < 4.78 is 27.2. The molecule has 1 heterocycles. The normalized spacial score (nSPS) is 30.5. The molecule has 0 spiro atoms. The van der Waals surface area contributed by atoms with Gasteiger partial charge in [0.1, 0.15) is 4.75 Å². The Morgan fingerprint density at radius 1 is 1.67 bits per heavy atom. The van der Waals surface area contributed by atoms with E-state index in [4.69, 9.17) is 10.3 Å². The standard InChI is InChI=1S/C8H13N3O3S/c1-5-3-8(5,15(2,12)13)7-10-6(4-9)14-11-7/h5H,3-4,9H2,1-2H3/t5-,8-/m1/s1. The van der Waals surface area contributed by atoms with Gasteiger partial charge in [-0.1, -0.05) is 12.1 Å². The van der Waals surface area contributed by atoms with E-state index in [2.05, 4.69) is 10.1 Å². The summed E-state index contributed by atoms with van der Waals surface area (Å²) in [6.45, 7) is 1.99. The minimum Gasteiger partial charge on any atom is -0.338 e. The molecule has 2 N–H and O–H groups in total. The number of nitrogens with two attached hydrogens (primary N) is 1. The molecule has 0 unspecified atom stereocenters. The fourth-order valence-electron chi connectivity index (χ4n) is 1.90. The summed E-state index contributed by atoms with van der Waals surface area (Å²) in [6.07, 6.45) is 1.75. The SMILES string of the molecule is C[C@@H]1C[C@@]1(c1noc(CN)n1)S(C)(=O)=O. The highest BCUT2D eigenvalue weighted by molar-refractivity contribution is 7.92. The first-order chi connectivity index (χ1) is 6.91. The topological polar surface area (TPSA) is 99.1 Å². The first-order valence-electron chi connectivity index (χ1n) is 4.64. The monoisotopic (exact) mass is 231 g/mol.